The summed E-state index contributed by atoms with van der Waals surface area (Å²) in [6.45, 7) is 4.95. The van der Waals surface area contributed by atoms with Crippen LogP contribution in [0.15, 0.2) is 12.2 Å². The van der Waals surface area contributed by atoms with Crippen molar-refractivity contribution < 1.29 is 24.5 Å². The van der Waals surface area contributed by atoms with E-state index in [1.54, 1.807) is 6.08 Å². The number of amides is 1. The lowest BCUT2D eigenvalue weighted by atomic mass is 10.0. The second kappa shape index (κ2) is 71.1. The molecule has 3 N–H and O–H groups in total. The van der Waals surface area contributed by atoms with E-state index in [0.717, 1.165) is 38.5 Å². The van der Waals surface area contributed by atoms with Crippen LogP contribution in [0.5, 0.6) is 0 Å². The van der Waals surface area contributed by atoms with Crippen molar-refractivity contribution in [3.8, 4) is 0 Å². The first kappa shape index (κ1) is 79.6. The fourth-order valence-corrected chi connectivity index (χ4v) is 12.1. The topological polar surface area (TPSA) is 95.9 Å². The maximum absolute atomic E-state index is 12.5. The van der Waals surface area contributed by atoms with Gasteiger partial charge in [0, 0.05) is 12.8 Å². The van der Waals surface area contributed by atoms with Gasteiger partial charge >= 0.3 is 5.97 Å². The Kier molecular flexibility index (Phi) is 69.9. The van der Waals surface area contributed by atoms with E-state index in [1.165, 1.54) is 366 Å². The number of allylic oxidation sites excluding steroid dienone is 1. The summed E-state index contributed by atoms with van der Waals surface area (Å²) in [5.41, 5.74) is 0. The first-order valence-electron chi connectivity index (χ1n) is 37.5. The Morgan fingerprint density at radius 3 is 0.840 bits per heavy atom. The lowest BCUT2D eigenvalue weighted by molar-refractivity contribution is -0.143. The number of rotatable bonds is 71. The van der Waals surface area contributed by atoms with E-state index >= 15 is 0 Å². The first-order valence-corrected chi connectivity index (χ1v) is 37.5. The number of aliphatic hydroxyl groups is 2. The van der Waals surface area contributed by atoms with Gasteiger partial charge in [-0.25, -0.2) is 0 Å². The molecule has 0 aliphatic rings. The van der Waals surface area contributed by atoms with Crippen LogP contribution in [-0.4, -0.2) is 47.4 Å². The van der Waals surface area contributed by atoms with Crippen LogP contribution in [0.1, 0.15) is 431 Å². The highest BCUT2D eigenvalue weighted by atomic mass is 16.5. The highest BCUT2D eigenvalue weighted by Crippen LogP contribution is 2.20. The molecule has 482 valence electrons. The third kappa shape index (κ3) is 67.6. The van der Waals surface area contributed by atoms with E-state index in [0.29, 0.717) is 19.4 Å². The summed E-state index contributed by atoms with van der Waals surface area (Å²) >= 11 is 0. The summed E-state index contributed by atoms with van der Waals surface area (Å²) < 4.78 is 5.49. The molecule has 0 saturated carbocycles. The standard InChI is InChI=1S/C75H147NO5/c1-3-5-7-9-11-13-15-17-18-19-35-38-41-44-47-51-55-59-63-67-73(78)72(71-77)76-74(79)68-64-60-56-52-48-45-42-39-36-33-31-29-27-25-23-21-20-22-24-26-28-30-32-34-37-40-43-46-50-54-58-62-66-70-81-75(80)69-65-61-57-53-49-16-14-12-10-8-6-4-2/h63,67,72-73,77-78H,3-62,64-66,68-71H2,1-2H3,(H,76,79)/b67-63+. The van der Waals surface area contributed by atoms with Crippen LogP contribution in [0.2, 0.25) is 0 Å². The van der Waals surface area contributed by atoms with Crippen molar-refractivity contribution in [2.75, 3.05) is 13.2 Å². The van der Waals surface area contributed by atoms with Crippen LogP contribution in [-0.2, 0) is 14.3 Å². The molecule has 0 heterocycles. The maximum Gasteiger partial charge on any atom is 0.305 e. The Morgan fingerprint density at radius 1 is 0.333 bits per heavy atom. The second-order valence-corrected chi connectivity index (χ2v) is 26.0. The van der Waals surface area contributed by atoms with Crippen molar-refractivity contribution >= 4 is 11.9 Å². The van der Waals surface area contributed by atoms with Crippen LogP contribution < -0.4 is 5.32 Å². The summed E-state index contributed by atoms with van der Waals surface area (Å²) in [5, 5.41) is 23.2. The average molecular weight is 1140 g/mol. The number of aliphatic hydroxyl groups excluding tert-OH is 2. The van der Waals surface area contributed by atoms with Gasteiger partial charge in [-0.1, -0.05) is 398 Å². The van der Waals surface area contributed by atoms with E-state index in [-0.39, 0.29) is 18.5 Å². The molecule has 0 radical (unpaired) electrons. The van der Waals surface area contributed by atoms with Gasteiger partial charge < -0.3 is 20.3 Å². The molecule has 81 heavy (non-hydrogen) atoms. The Bertz CT molecular complexity index is 1220. The van der Waals surface area contributed by atoms with Crippen molar-refractivity contribution in [2.24, 2.45) is 0 Å². The van der Waals surface area contributed by atoms with Gasteiger partial charge in [0.05, 0.1) is 25.4 Å². The molecule has 0 bridgehead atoms. The van der Waals surface area contributed by atoms with E-state index in [9.17, 15) is 19.8 Å². The van der Waals surface area contributed by atoms with Crippen LogP contribution in [0.3, 0.4) is 0 Å². The van der Waals surface area contributed by atoms with Crippen molar-refractivity contribution in [2.45, 2.75) is 443 Å². The van der Waals surface area contributed by atoms with Crippen molar-refractivity contribution in [3.05, 3.63) is 12.2 Å². The third-order valence-corrected chi connectivity index (χ3v) is 17.8. The minimum absolute atomic E-state index is 0.0231. The molecule has 6 nitrogen and oxygen atoms in total. The maximum atomic E-state index is 12.5. The Labute approximate surface area is 508 Å². The number of carbonyl (C=O) groups excluding carboxylic acids is 2. The van der Waals surface area contributed by atoms with E-state index in [4.69, 9.17) is 4.74 Å². The molecule has 1 amide bonds. The first-order chi connectivity index (χ1) is 40.0. The molecule has 0 aromatic carbocycles. The van der Waals surface area contributed by atoms with Gasteiger partial charge in [0.2, 0.25) is 5.91 Å². The molecule has 0 spiro atoms. The lowest BCUT2D eigenvalue weighted by Gasteiger charge is -2.20. The number of ether oxygens (including phenoxy) is 1. The second-order valence-electron chi connectivity index (χ2n) is 26.0. The van der Waals surface area contributed by atoms with E-state index in [1.807, 2.05) is 6.08 Å². The van der Waals surface area contributed by atoms with Crippen molar-refractivity contribution in [3.63, 3.8) is 0 Å². The molecular weight excluding hydrogens is 995 g/mol. The molecule has 2 unspecified atom stereocenters. The van der Waals surface area contributed by atoms with Gasteiger partial charge in [-0.3, -0.25) is 9.59 Å². The minimum atomic E-state index is -0.841. The highest BCUT2D eigenvalue weighted by molar-refractivity contribution is 5.76. The zero-order valence-electron chi connectivity index (χ0n) is 55.3. The van der Waals surface area contributed by atoms with Gasteiger partial charge in [-0.05, 0) is 32.1 Å². The van der Waals surface area contributed by atoms with Gasteiger partial charge in [0.15, 0.2) is 0 Å². The molecule has 0 fully saturated rings. The Balaban J connectivity index is 3.33. The summed E-state index contributed by atoms with van der Waals surface area (Å²) in [4.78, 5) is 24.6. The lowest BCUT2D eigenvalue weighted by Crippen LogP contribution is -2.45. The zero-order valence-corrected chi connectivity index (χ0v) is 55.3. The molecule has 0 aliphatic carbocycles. The minimum Gasteiger partial charge on any atom is -0.466 e. The Hall–Kier alpha value is -1.40. The molecule has 0 aromatic heterocycles. The molecule has 0 rings (SSSR count). The number of unbranched alkanes of at least 4 members (excludes halogenated alkanes) is 60. The Morgan fingerprint density at radius 2 is 0.568 bits per heavy atom. The third-order valence-electron chi connectivity index (χ3n) is 17.8. The molecule has 0 aromatic rings. The molecule has 0 aliphatic heterocycles. The fourth-order valence-electron chi connectivity index (χ4n) is 12.1. The predicted octanol–water partition coefficient (Wildman–Crippen LogP) is 24.3. The predicted molar refractivity (Wildman–Crippen MR) is 357 cm³/mol. The van der Waals surface area contributed by atoms with Gasteiger partial charge in [-0.15, -0.1) is 0 Å². The summed E-state index contributed by atoms with van der Waals surface area (Å²) in [6.07, 6.45) is 88.9. The quantitative estimate of drug-likeness (QED) is 0.0320. The summed E-state index contributed by atoms with van der Waals surface area (Å²) in [7, 11) is 0. The van der Waals surface area contributed by atoms with Gasteiger partial charge in [0.25, 0.3) is 0 Å². The largest absolute Gasteiger partial charge is 0.466 e. The van der Waals surface area contributed by atoms with Crippen LogP contribution >= 0.6 is 0 Å². The van der Waals surface area contributed by atoms with Crippen LogP contribution in [0.25, 0.3) is 0 Å². The molecule has 0 saturated heterocycles. The van der Waals surface area contributed by atoms with E-state index < -0.39 is 12.1 Å². The zero-order chi connectivity index (χ0) is 58.5. The van der Waals surface area contributed by atoms with Gasteiger partial charge in [-0.2, -0.15) is 0 Å². The normalized spacial score (nSPS) is 12.5. The van der Waals surface area contributed by atoms with Gasteiger partial charge in [0.1, 0.15) is 0 Å². The molecule has 2 atom stereocenters. The number of hydrogen-bond donors (Lipinski definition) is 3. The SMILES string of the molecule is CCCCCCCCCCCCCCCCCCC/C=C/C(O)C(CO)NC(=O)CCCCCCCCCCCCCCCCCCCCCCCCCCCCCCCCCCCOC(=O)CCCCCCCCCCCCCC. The average Bonchev–Trinajstić information content (AvgIpc) is 3.47. The molecular formula is C75H147NO5. The van der Waals surface area contributed by atoms with Crippen molar-refractivity contribution in [1.82, 2.24) is 5.32 Å². The highest BCUT2D eigenvalue weighted by Gasteiger charge is 2.18. The monoisotopic (exact) mass is 1140 g/mol. The summed E-state index contributed by atoms with van der Waals surface area (Å²) in [5.74, 6) is -0.0356. The number of carbonyl (C=O) groups is 2. The number of nitrogens with one attached hydrogen (secondary N) is 1. The smallest absolute Gasteiger partial charge is 0.305 e. The number of esters is 1. The van der Waals surface area contributed by atoms with Crippen molar-refractivity contribution in [1.29, 1.82) is 0 Å². The fraction of sp³-hybridized carbons (Fsp3) is 0.947. The van der Waals surface area contributed by atoms with Crippen LogP contribution in [0, 0.1) is 0 Å². The summed E-state index contributed by atoms with van der Waals surface area (Å²) in [6, 6.07) is -0.624. The van der Waals surface area contributed by atoms with E-state index in [2.05, 4.69) is 19.2 Å². The molecule has 6 heteroatoms. The van der Waals surface area contributed by atoms with Crippen LogP contribution in [0.4, 0.5) is 0 Å². The number of hydrogen-bond acceptors (Lipinski definition) is 5.